The number of hydrogen-bond donors (Lipinski definition) is 1. The highest BCUT2D eigenvalue weighted by Crippen LogP contribution is 2.39. The second kappa shape index (κ2) is 7.11. The molecule has 1 aliphatic carbocycles. The number of nitrogens with one attached hydrogen (secondary N) is 1. The number of amides is 1. The number of aromatic nitrogens is 4. The first-order valence-electron chi connectivity index (χ1n) is 9.10. The number of nitrogens with zero attached hydrogens (tertiary/aromatic N) is 4. The maximum atomic E-state index is 14.3. The summed E-state index contributed by atoms with van der Waals surface area (Å²) >= 11 is 0. The van der Waals surface area contributed by atoms with Crippen LogP contribution in [0.3, 0.4) is 0 Å². The van der Waals surface area contributed by atoms with Crippen LogP contribution in [-0.4, -0.2) is 39.3 Å². The summed E-state index contributed by atoms with van der Waals surface area (Å²) in [7, 11) is 0. The molecule has 0 radical (unpaired) electrons. The molecule has 0 bridgehead atoms. The van der Waals surface area contributed by atoms with E-state index in [-0.39, 0.29) is 23.4 Å². The standard InChI is InChI=1S/C18H22FN5O2/c1-11(12-6-8-26-9-7-12)18(25)20-16-10-14(4-5-15(16)19)24-17(13-2-3-13)21-22-23-24/h4-5,10-13H,2-3,6-9H2,1H3,(H,20,25)/t11-/m0/s1. The van der Waals surface area contributed by atoms with E-state index in [1.807, 2.05) is 6.92 Å². The van der Waals surface area contributed by atoms with Gasteiger partial charge in [0.15, 0.2) is 5.82 Å². The molecule has 1 N–H and O–H groups in total. The molecule has 4 rings (SSSR count). The molecule has 138 valence electrons. The Morgan fingerprint density at radius 2 is 2.08 bits per heavy atom. The van der Waals surface area contributed by atoms with E-state index in [4.69, 9.17) is 4.74 Å². The fraction of sp³-hybridized carbons (Fsp3) is 0.556. The monoisotopic (exact) mass is 359 g/mol. The lowest BCUT2D eigenvalue weighted by Gasteiger charge is -2.27. The maximum absolute atomic E-state index is 14.3. The van der Waals surface area contributed by atoms with Crippen molar-refractivity contribution in [3.63, 3.8) is 0 Å². The molecule has 7 nitrogen and oxygen atoms in total. The van der Waals surface area contributed by atoms with Gasteiger partial charge in [0.05, 0.1) is 11.4 Å². The van der Waals surface area contributed by atoms with Crippen LogP contribution in [0, 0.1) is 17.7 Å². The maximum Gasteiger partial charge on any atom is 0.227 e. The quantitative estimate of drug-likeness (QED) is 0.888. The molecule has 2 aromatic rings. The van der Waals surface area contributed by atoms with Crippen molar-refractivity contribution in [3.05, 3.63) is 29.8 Å². The third kappa shape index (κ3) is 3.46. The predicted octanol–water partition coefficient (Wildman–Crippen LogP) is 2.68. The van der Waals surface area contributed by atoms with E-state index < -0.39 is 5.82 Å². The molecule has 1 aromatic heterocycles. The van der Waals surface area contributed by atoms with Gasteiger partial charge in [-0.1, -0.05) is 6.92 Å². The highest BCUT2D eigenvalue weighted by molar-refractivity contribution is 5.92. The van der Waals surface area contributed by atoms with Crippen LogP contribution >= 0.6 is 0 Å². The molecule has 2 aliphatic rings. The van der Waals surface area contributed by atoms with Gasteiger partial charge in [0.25, 0.3) is 0 Å². The molecule has 8 heteroatoms. The number of anilines is 1. The molecule has 0 spiro atoms. The van der Waals surface area contributed by atoms with Crippen molar-refractivity contribution < 1.29 is 13.9 Å². The Kier molecular flexibility index (Phi) is 4.67. The van der Waals surface area contributed by atoms with Crippen molar-refractivity contribution in [1.82, 2.24) is 20.2 Å². The van der Waals surface area contributed by atoms with Crippen LogP contribution in [0.15, 0.2) is 18.2 Å². The zero-order valence-electron chi connectivity index (χ0n) is 14.7. The summed E-state index contributed by atoms with van der Waals surface area (Å²) in [6.07, 6.45) is 3.83. The number of tetrazole rings is 1. The van der Waals surface area contributed by atoms with Gasteiger partial charge in [-0.2, -0.15) is 4.68 Å². The summed E-state index contributed by atoms with van der Waals surface area (Å²) in [6.45, 7) is 3.24. The van der Waals surface area contributed by atoms with Gasteiger partial charge >= 0.3 is 0 Å². The number of hydrogen-bond acceptors (Lipinski definition) is 5. The summed E-state index contributed by atoms with van der Waals surface area (Å²) in [4.78, 5) is 12.6. The number of halogens is 1. The third-order valence-electron chi connectivity index (χ3n) is 5.28. The molecular formula is C18H22FN5O2. The molecule has 2 fully saturated rings. The van der Waals surface area contributed by atoms with E-state index >= 15 is 0 Å². The zero-order chi connectivity index (χ0) is 18.1. The first-order valence-corrected chi connectivity index (χ1v) is 9.10. The summed E-state index contributed by atoms with van der Waals surface area (Å²) in [5.74, 6) is 0.563. The van der Waals surface area contributed by atoms with Crippen LogP contribution in [0.2, 0.25) is 0 Å². The Balaban J connectivity index is 1.52. The molecule has 2 heterocycles. The summed E-state index contributed by atoms with van der Waals surface area (Å²) in [5.41, 5.74) is 0.802. The van der Waals surface area contributed by atoms with Gasteiger partial charge in [0.2, 0.25) is 5.91 Å². The first kappa shape index (κ1) is 17.1. The summed E-state index contributed by atoms with van der Waals surface area (Å²) < 4.78 is 21.2. The Morgan fingerprint density at radius 1 is 1.31 bits per heavy atom. The van der Waals surface area contributed by atoms with Crippen molar-refractivity contribution in [1.29, 1.82) is 0 Å². The number of carbonyl (C=O) groups excluding carboxylic acids is 1. The van der Waals surface area contributed by atoms with E-state index in [1.165, 1.54) is 6.07 Å². The first-order chi connectivity index (χ1) is 12.6. The van der Waals surface area contributed by atoms with Crippen LogP contribution < -0.4 is 5.32 Å². The van der Waals surface area contributed by atoms with Gasteiger partial charge < -0.3 is 10.1 Å². The van der Waals surface area contributed by atoms with Crippen molar-refractivity contribution in [2.24, 2.45) is 11.8 Å². The number of rotatable bonds is 5. The van der Waals surface area contributed by atoms with E-state index in [2.05, 4.69) is 20.8 Å². The SMILES string of the molecule is C[C@H](C(=O)Nc1cc(-n2nnnc2C2CC2)ccc1F)C1CCOCC1. The van der Waals surface area contributed by atoms with Crippen molar-refractivity contribution in [2.45, 2.75) is 38.5 Å². The minimum Gasteiger partial charge on any atom is -0.381 e. The van der Waals surface area contributed by atoms with Crippen LogP contribution in [0.5, 0.6) is 0 Å². The zero-order valence-corrected chi connectivity index (χ0v) is 14.7. The Hall–Kier alpha value is -2.35. The Morgan fingerprint density at radius 3 is 2.81 bits per heavy atom. The fourth-order valence-corrected chi connectivity index (χ4v) is 3.39. The molecule has 26 heavy (non-hydrogen) atoms. The number of benzene rings is 1. The average Bonchev–Trinajstić information content (AvgIpc) is 3.40. The Labute approximate surface area is 150 Å². The van der Waals surface area contributed by atoms with Crippen LogP contribution in [0.25, 0.3) is 5.69 Å². The molecule has 1 amide bonds. The predicted molar refractivity (Wildman–Crippen MR) is 92.4 cm³/mol. The summed E-state index contributed by atoms with van der Waals surface area (Å²) in [6, 6.07) is 4.55. The van der Waals surface area contributed by atoms with Gasteiger partial charge in [0, 0.05) is 25.0 Å². The minimum atomic E-state index is -0.470. The topological polar surface area (TPSA) is 81.9 Å². The summed E-state index contributed by atoms with van der Waals surface area (Å²) in [5, 5.41) is 14.5. The van der Waals surface area contributed by atoms with Crippen molar-refractivity contribution >= 4 is 11.6 Å². The highest BCUT2D eigenvalue weighted by Gasteiger charge is 2.30. The van der Waals surface area contributed by atoms with Gasteiger partial charge in [-0.3, -0.25) is 4.79 Å². The molecule has 1 atom stereocenters. The largest absolute Gasteiger partial charge is 0.381 e. The minimum absolute atomic E-state index is 0.156. The molecule has 0 unspecified atom stereocenters. The third-order valence-corrected chi connectivity index (χ3v) is 5.28. The highest BCUT2D eigenvalue weighted by atomic mass is 19.1. The van der Waals surface area contributed by atoms with Gasteiger partial charge in [-0.05, 0) is 60.2 Å². The number of carbonyl (C=O) groups is 1. The smallest absolute Gasteiger partial charge is 0.227 e. The number of ether oxygens (including phenoxy) is 1. The molecule has 1 aromatic carbocycles. The van der Waals surface area contributed by atoms with Gasteiger partial charge in [-0.15, -0.1) is 5.10 Å². The van der Waals surface area contributed by atoms with Crippen LogP contribution in [0.1, 0.15) is 44.3 Å². The molecular weight excluding hydrogens is 337 g/mol. The van der Waals surface area contributed by atoms with Gasteiger partial charge in [-0.25, -0.2) is 4.39 Å². The van der Waals surface area contributed by atoms with Crippen molar-refractivity contribution in [3.8, 4) is 5.69 Å². The lowest BCUT2D eigenvalue weighted by atomic mass is 9.87. The van der Waals surface area contributed by atoms with E-state index in [0.717, 1.165) is 31.5 Å². The van der Waals surface area contributed by atoms with Crippen molar-refractivity contribution in [2.75, 3.05) is 18.5 Å². The lowest BCUT2D eigenvalue weighted by Crippen LogP contribution is -2.31. The molecule has 1 saturated heterocycles. The van der Waals surface area contributed by atoms with Crippen LogP contribution in [-0.2, 0) is 9.53 Å². The lowest BCUT2D eigenvalue weighted by molar-refractivity contribution is -0.122. The van der Waals surface area contributed by atoms with Crippen LogP contribution in [0.4, 0.5) is 10.1 Å². The average molecular weight is 359 g/mol. The molecule has 1 saturated carbocycles. The fourth-order valence-electron chi connectivity index (χ4n) is 3.39. The second-order valence-corrected chi connectivity index (χ2v) is 7.12. The normalized spacial score (nSPS) is 19.3. The van der Waals surface area contributed by atoms with E-state index in [0.29, 0.717) is 24.8 Å². The van der Waals surface area contributed by atoms with E-state index in [9.17, 15) is 9.18 Å². The second-order valence-electron chi connectivity index (χ2n) is 7.12. The Bertz CT molecular complexity index is 799. The molecule has 1 aliphatic heterocycles. The van der Waals surface area contributed by atoms with E-state index in [1.54, 1.807) is 16.8 Å². The van der Waals surface area contributed by atoms with Gasteiger partial charge in [0.1, 0.15) is 5.82 Å².